The highest BCUT2D eigenvalue weighted by atomic mass is 79.9. The number of ether oxygens (including phenoxy) is 1. The third-order valence-corrected chi connectivity index (χ3v) is 2.57. The number of nitrogens with one attached hydrogen (secondary N) is 1. The minimum absolute atomic E-state index is 0.0455. The van der Waals surface area contributed by atoms with Crippen molar-refractivity contribution in [2.45, 2.75) is 6.04 Å². The number of hydrogen-bond donors (Lipinski definition) is 2. The summed E-state index contributed by atoms with van der Waals surface area (Å²) >= 11 is 3.14. The van der Waals surface area contributed by atoms with Crippen LogP contribution in [0.4, 0.5) is 10.1 Å². The fourth-order valence-electron chi connectivity index (χ4n) is 1.15. The Labute approximate surface area is 101 Å². The Bertz CT molecular complexity index is 366. The number of rotatable bonds is 5. The van der Waals surface area contributed by atoms with Crippen molar-refractivity contribution in [2.75, 3.05) is 19.0 Å². The average Bonchev–Trinajstić information content (AvgIpc) is 2.21. The van der Waals surface area contributed by atoms with Gasteiger partial charge in [-0.15, -0.1) is 0 Å². The summed E-state index contributed by atoms with van der Waals surface area (Å²) in [6, 6.07) is 3.41. The molecule has 88 valence electrons. The largest absolute Gasteiger partial charge is 0.480 e. The normalized spacial score (nSPS) is 12.2. The summed E-state index contributed by atoms with van der Waals surface area (Å²) in [7, 11) is 1.38. The first-order chi connectivity index (χ1) is 7.56. The van der Waals surface area contributed by atoms with Crippen LogP contribution in [0.25, 0.3) is 0 Å². The monoisotopic (exact) mass is 291 g/mol. The predicted molar refractivity (Wildman–Crippen MR) is 61.0 cm³/mol. The molecule has 2 N–H and O–H groups in total. The molecule has 0 aromatic heterocycles. The molecule has 0 amide bonds. The lowest BCUT2D eigenvalue weighted by Gasteiger charge is -2.16. The number of benzene rings is 1. The molecule has 0 aliphatic carbocycles. The lowest BCUT2D eigenvalue weighted by molar-refractivity contribution is -0.139. The zero-order chi connectivity index (χ0) is 12.1. The van der Waals surface area contributed by atoms with Crippen LogP contribution in [0.15, 0.2) is 22.7 Å². The van der Waals surface area contributed by atoms with Gasteiger partial charge in [-0.3, -0.25) is 0 Å². The second-order valence-corrected chi connectivity index (χ2v) is 3.94. The standard InChI is InChI=1S/C10H11BrFNO3/c1-16-5-8(10(14)15)13-9-6(11)3-2-4-7(9)12/h2-4,8,13H,5H2,1H3,(H,14,15). The number of carbonyl (C=O) groups is 1. The Morgan fingerprint density at radius 1 is 1.69 bits per heavy atom. The first-order valence-corrected chi connectivity index (χ1v) is 5.28. The summed E-state index contributed by atoms with van der Waals surface area (Å²) < 4.78 is 18.6. The van der Waals surface area contributed by atoms with Crippen molar-refractivity contribution >= 4 is 27.6 Å². The zero-order valence-corrected chi connectivity index (χ0v) is 10.1. The van der Waals surface area contributed by atoms with Crippen molar-refractivity contribution in [3.05, 3.63) is 28.5 Å². The average molecular weight is 292 g/mol. The van der Waals surface area contributed by atoms with E-state index in [2.05, 4.69) is 21.2 Å². The maximum atomic E-state index is 13.4. The van der Waals surface area contributed by atoms with Crippen LogP contribution >= 0.6 is 15.9 Å². The van der Waals surface area contributed by atoms with Crippen LogP contribution < -0.4 is 5.32 Å². The van der Waals surface area contributed by atoms with Crippen molar-refractivity contribution in [1.82, 2.24) is 0 Å². The van der Waals surface area contributed by atoms with Gasteiger partial charge in [-0.1, -0.05) is 6.07 Å². The molecule has 0 spiro atoms. The third-order valence-electron chi connectivity index (χ3n) is 1.91. The second kappa shape index (κ2) is 5.81. The van der Waals surface area contributed by atoms with E-state index in [1.165, 1.54) is 19.2 Å². The molecule has 0 radical (unpaired) electrons. The molecular weight excluding hydrogens is 281 g/mol. The molecule has 0 saturated heterocycles. The Morgan fingerprint density at radius 2 is 2.38 bits per heavy atom. The van der Waals surface area contributed by atoms with Crippen LogP contribution in [0.5, 0.6) is 0 Å². The van der Waals surface area contributed by atoms with Crippen molar-refractivity contribution < 1.29 is 19.0 Å². The molecule has 1 unspecified atom stereocenters. The molecule has 16 heavy (non-hydrogen) atoms. The molecule has 1 rings (SSSR count). The van der Waals surface area contributed by atoms with Crippen LogP contribution in [0.1, 0.15) is 0 Å². The third kappa shape index (κ3) is 3.18. The molecule has 1 aromatic rings. The van der Waals surface area contributed by atoms with E-state index in [1.54, 1.807) is 6.07 Å². The van der Waals surface area contributed by atoms with Crippen molar-refractivity contribution in [3.8, 4) is 0 Å². The molecule has 1 aromatic carbocycles. The Morgan fingerprint density at radius 3 is 2.88 bits per heavy atom. The number of hydrogen-bond acceptors (Lipinski definition) is 3. The van der Waals surface area contributed by atoms with Gasteiger partial charge in [0.25, 0.3) is 0 Å². The van der Waals surface area contributed by atoms with Crippen LogP contribution in [0.2, 0.25) is 0 Å². The Hall–Kier alpha value is -1.14. The van der Waals surface area contributed by atoms with Gasteiger partial charge in [-0.2, -0.15) is 0 Å². The Kier molecular flexibility index (Phi) is 4.70. The van der Waals surface area contributed by atoms with Gasteiger partial charge in [-0.05, 0) is 28.1 Å². The smallest absolute Gasteiger partial charge is 0.328 e. The van der Waals surface area contributed by atoms with E-state index < -0.39 is 17.8 Å². The number of carboxylic acid groups (broad SMARTS) is 1. The molecule has 4 nitrogen and oxygen atoms in total. The predicted octanol–water partition coefficient (Wildman–Crippen LogP) is 2.10. The highest BCUT2D eigenvalue weighted by Gasteiger charge is 2.19. The first-order valence-electron chi connectivity index (χ1n) is 4.48. The number of carboxylic acids is 1. The fourth-order valence-corrected chi connectivity index (χ4v) is 1.61. The van der Waals surface area contributed by atoms with Gasteiger partial charge in [0, 0.05) is 11.6 Å². The van der Waals surface area contributed by atoms with Crippen LogP contribution in [-0.4, -0.2) is 30.8 Å². The van der Waals surface area contributed by atoms with E-state index in [1.807, 2.05) is 0 Å². The summed E-state index contributed by atoms with van der Waals surface area (Å²) in [5.41, 5.74) is 0.118. The van der Waals surface area contributed by atoms with Gasteiger partial charge < -0.3 is 15.2 Å². The summed E-state index contributed by atoms with van der Waals surface area (Å²) in [5, 5.41) is 11.4. The lowest BCUT2D eigenvalue weighted by atomic mass is 10.2. The zero-order valence-electron chi connectivity index (χ0n) is 8.54. The molecule has 0 aliphatic rings. The molecule has 1 atom stereocenters. The van der Waals surface area contributed by atoms with Gasteiger partial charge in [-0.25, -0.2) is 9.18 Å². The van der Waals surface area contributed by atoms with Gasteiger partial charge in [0.05, 0.1) is 12.3 Å². The molecule has 0 aliphatic heterocycles. The number of aliphatic carboxylic acids is 1. The van der Waals surface area contributed by atoms with Crippen molar-refractivity contribution in [1.29, 1.82) is 0 Å². The molecule has 0 heterocycles. The highest BCUT2D eigenvalue weighted by molar-refractivity contribution is 9.10. The number of methoxy groups -OCH3 is 1. The van der Waals surface area contributed by atoms with Gasteiger partial charge >= 0.3 is 5.97 Å². The maximum Gasteiger partial charge on any atom is 0.328 e. The maximum absolute atomic E-state index is 13.4. The van der Waals surface area contributed by atoms with Gasteiger partial charge in [0.1, 0.15) is 11.9 Å². The SMILES string of the molecule is COCC(Nc1c(F)cccc1Br)C(=O)O. The molecule has 0 bridgehead atoms. The van der Waals surface area contributed by atoms with Gasteiger partial charge in [0.15, 0.2) is 0 Å². The number of para-hydroxylation sites is 1. The molecule has 0 saturated carbocycles. The van der Waals surface area contributed by atoms with Gasteiger partial charge in [0.2, 0.25) is 0 Å². The summed E-state index contributed by atoms with van der Waals surface area (Å²) in [5.74, 6) is -1.62. The Balaban J connectivity index is 2.89. The summed E-state index contributed by atoms with van der Waals surface area (Å²) in [6.07, 6.45) is 0. The highest BCUT2D eigenvalue weighted by Crippen LogP contribution is 2.25. The lowest BCUT2D eigenvalue weighted by Crippen LogP contribution is -2.34. The number of anilines is 1. The fraction of sp³-hybridized carbons (Fsp3) is 0.300. The van der Waals surface area contributed by atoms with E-state index in [9.17, 15) is 9.18 Å². The minimum Gasteiger partial charge on any atom is -0.480 e. The number of halogens is 2. The summed E-state index contributed by atoms with van der Waals surface area (Å²) in [6.45, 7) is -0.0455. The topological polar surface area (TPSA) is 58.6 Å². The molecule has 0 fully saturated rings. The molecule has 6 heteroatoms. The van der Waals surface area contributed by atoms with E-state index in [-0.39, 0.29) is 12.3 Å². The van der Waals surface area contributed by atoms with E-state index in [0.717, 1.165) is 0 Å². The van der Waals surface area contributed by atoms with Crippen LogP contribution in [0, 0.1) is 5.82 Å². The van der Waals surface area contributed by atoms with E-state index in [4.69, 9.17) is 9.84 Å². The van der Waals surface area contributed by atoms with E-state index >= 15 is 0 Å². The first kappa shape index (κ1) is 12.9. The van der Waals surface area contributed by atoms with Crippen LogP contribution in [-0.2, 0) is 9.53 Å². The second-order valence-electron chi connectivity index (χ2n) is 3.09. The quantitative estimate of drug-likeness (QED) is 0.872. The van der Waals surface area contributed by atoms with Crippen LogP contribution in [0.3, 0.4) is 0 Å². The van der Waals surface area contributed by atoms with E-state index in [0.29, 0.717) is 4.47 Å². The minimum atomic E-state index is -1.10. The van der Waals surface area contributed by atoms with Crippen molar-refractivity contribution in [3.63, 3.8) is 0 Å². The van der Waals surface area contributed by atoms with Crippen molar-refractivity contribution in [2.24, 2.45) is 0 Å². The molecular formula is C10H11BrFNO3. The summed E-state index contributed by atoms with van der Waals surface area (Å²) in [4.78, 5) is 10.8.